The van der Waals surface area contributed by atoms with Gasteiger partial charge in [-0.25, -0.2) is 0 Å². The summed E-state index contributed by atoms with van der Waals surface area (Å²) in [7, 11) is 0. The molecule has 1 saturated carbocycles. The Labute approximate surface area is 171 Å². The Bertz CT molecular complexity index is 754. The third kappa shape index (κ3) is 5.84. The highest BCUT2D eigenvalue weighted by atomic mass is 35.5. The van der Waals surface area contributed by atoms with Crippen molar-refractivity contribution >= 4 is 29.9 Å². The average Bonchev–Trinajstić information content (AvgIpc) is 3.23. The van der Waals surface area contributed by atoms with E-state index in [0.717, 1.165) is 31.2 Å². The molecule has 1 aliphatic rings. The van der Waals surface area contributed by atoms with Gasteiger partial charge in [0.25, 0.3) is 5.91 Å². The molecule has 1 heterocycles. The first-order valence-electron chi connectivity index (χ1n) is 9.51. The van der Waals surface area contributed by atoms with E-state index in [2.05, 4.69) is 10.6 Å². The minimum Gasteiger partial charge on any atom is -0.459 e. The van der Waals surface area contributed by atoms with Gasteiger partial charge in [-0.15, -0.1) is 12.4 Å². The zero-order valence-corrected chi connectivity index (χ0v) is 16.7. The zero-order valence-electron chi connectivity index (χ0n) is 15.9. The van der Waals surface area contributed by atoms with Crippen LogP contribution in [0.1, 0.15) is 54.6 Å². The van der Waals surface area contributed by atoms with E-state index in [1.807, 2.05) is 24.3 Å². The van der Waals surface area contributed by atoms with Gasteiger partial charge in [0.15, 0.2) is 5.76 Å². The summed E-state index contributed by atoms with van der Waals surface area (Å²) in [5.41, 5.74) is 7.59. The zero-order chi connectivity index (χ0) is 19.1. The van der Waals surface area contributed by atoms with E-state index in [0.29, 0.717) is 25.2 Å². The lowest BCUT2D eigenvalue weighted by molar-refractivity contribution is -0.124. The predicted molar refractivity (Wildman–Crippen MR) is 111 cm³/mol. The van der Waals surface area contributed by atoms with E-state index in [1.165, 1.54) is 12.7 Å². The number of amides is 2. The molecule has 152 valence electrons. The van der Waals surface area contributed by atoms with Crippen LogP contribution in [-0.2, 0) is 11.3 Å². The van der Waals surface area contributed by atoms with Gasteiger partial charge in [0.05, 0.1) is 6.26 Å². The quantitative estimate of drug-likeness (QED) is 0.651. The molecule has 0 unspecified atom stereocenters. The van der Waals surface area contributed by atoms with Crippen LogP contribution < -0.4 is 16.4 Å². The fourth-order valence-electron chi connectivity index (χ4n) is 3.66. The Kier molecular flexibility index (Phi) is 8.08. The van der Waals surface area contributed by atoms with Crippen LogP contribution in [-0.4, -0.2) is 18.4 Å². The number of carbonyl (C=O) groups is 2. The molecule has 1 aliphatic carbocycles. The van der Waals surface area contributed by atoms with Crippen molar-refractivity contribution in [3.63, 3.8) is 0 Å². The molecule has 1 aromatic carbocycles. The van der Waals surface area contributed by atoms with E-state index >= 15 is 0 Å². The van der Waals surface area contributed by atoms with Crippen molar-refractivity contribution in [1.29, 1.82) is 0 Å². The van der Waals surface area contributed by atoms with E-state index in [1.54, 1.807) is 12.1 Å². The number of hydrogen-bond donors (Lipinski definition) is 3. The summed E-state index contributed by atoms with van der Waals surface area (Å²) in [5.74, 6) is 0.0288. The number of halogens is 1. The maximum atomic E-state index is 12.4. The molecule has 2 amide bonds. The molecule has 1 fully saturated rings. The molecule has 3 rings (SSSR count). The highest BCUT2D eigenvalue weighted by Crippen LogP contribution is 2.38. The minimum absolute atomic E-state index is 0. The van der Waals surface area contributed by atoms with Crippen LogP contribution in [0.4, 0.5) is 5.69 Å². The van der Waals surface area contributed by atoms with E-state index in [4.69, 9.17) is 10.2 Å². The molecule has 0 saturated heterocycles. The van der Waals surface area contributed by atoms with Gasteiger partial charge in [0.2, 0.25) is 5.91 Å². The second-order valence-electron chi connectivity index (χ2n) is 7.35. The predicted octanol–water partition coefficient (Wildman–Crippen LogP) is 3.87. The van der Waals surface area contributed by atoms with E-state index in [9.17, 15) is 9.59 Å². The van der Waals surface area contributed by atoms with Crippen molar-refractivity contribution in [2.75, 3.05) is 11.9 Å². The Balaban J connectivity index is 0.00000280. The minimum atomic E-state index is -0.291. The lowest BCUT2D eigenvalue weighted by atomic mass is 9.71. The van der Waals surface area contributed by atoms with Crippen molar-refractivity contribution in [1.82, 2.24) is 5.32 Å². The monoisotopic (exact) mass is 405 g/mol. The Hall–Kier alpha value is -2.31. The van der Waals surface area contributed by atoms with Crippen LogP contribution in [0.15, 0.2) is 47.1 Å². The maximum absolute atomic E-state index is 12.4. The van der Waals surface area contributed by atoms with Crippen LogP contribution in [0.25, 0.3) is 0 Å². The summed E-state index contributed by atoms with van der Waals surface area (Å²) in [6.07, 6.45) is 7.61. The van der Waals surface area contributed by atoms with Gasteiger partial charge in [-0.05, 0) is 54.6 Å². The molecule has 4 N–H and O–H groups in total. The fourth-order valence-corrected chi connectivity index (χ4v) is 3.66. The lowest BCUT2D eigenvalue weighted by Gasteiger charge is -2.35. The number of rotatable bonds is 7. The van der Waals surface area contributed by atoms with Gasteiger partial charge in [0, 0.05) is 18.7 Å². The summed E-state index contributed by atoms with van der Waals surface area (Å²) in [6.45, 7) is 1.04. The summed E-state index contributed by atoms with van der Waals surface area (Å²) >= 11 is 0. The van der Waals surface area contributed by atoms with Gasteiger partial charge in [-0.2, -0.15) is 0 Å². The van der Waals surface area contributed by atoms with Crippen LogP contribution in [0.5, 0.6) is 0 Å². The van der Waals surface area contributed by atoms with E-state index < -0.39 is 0 Å². The number of benzene rings is 1. The summed E-state index contributed by atoms with van der Waals surface area (Å²) in [4.78, 5) is 24.3. The summed E-state index contributed by atoms with van der Waals surface area (Å²) in [6, 6.07) is 10.7. The maximum Gasteiger partial charge on any atom is 0.291 e. The van der Waals surface area contributed by atoms with Gasteiger partial charge >= 0.3 is 0 Å². The summed E-state index contributed by atoms with van der Waals surface area (Å²) < 4.78 is 5.07. The normalized spacial score (nSPS) is 15.3. The summed E-state index contributed by atoms with van der Waals surface area (Å²) in [5, 5.41) is 5.76. The van der Waals surface area contributed by atoms with Crippen molar-refractivity contribution in [3.8, 4) is 0 Å². The average molecular weight is 406 g/mol. The molecular weight excluding hydrogens is 378 g/mol. The third-order valence-electron chi connectivity index (χ3n) is 5.33. The molecule has 28 heavy (non-hydrogen) atoms. The van der Waals surface area contributed by atoms with Gasteiger partial charge in [0.1, 0.15) is 0 Å². The number of furan rings is 1. The molecule has 0 radical (unpaired) electrons. The first-order chi connectivity index (χ1) is 13.1. The Morgan fingerprint density at radius 3 is 2.39 bits per heavy atom. The van der Waals surface area contributed by atoms with Crippen molar-refractivity contribution < 1.29 is 14.0 Å². The molecule has 2 aromatic rings. The molecule has 0 atom stereocenters. The number of nitrogens with two attached hydrogens (primary N) is 1. The van der Waals surface area contributed by atoms with E-state index in [-0.39, 0.29) is 35.4 Å². The highest BCUT2D eigenvalue weighted by Gasteiger charge is 2.32. The molecule has 0 bridgehead atoms. The lowest BCUT2D eigenvalue weighted by Crippen LogP contribution is -2.38. The second-order valence-corrected chi connectivity index (χ2v) is 7.35. The first-order valence-corrected chi connectivity index (χ1v) is 9.51. The number of anilines is 1. The van der Waals surface area contributed by atoms with Crippen molar-refractivity contribution in [3.05, 3.63) is 54.0 Å². The van der Waals surface area contributed by atoms with Crippen molar-refractivity contribution in [2.24, 2.45) is 11.1 Å². The Morgan fingerprint density at radius 2 is 1.79 bits per heavy atom. The smallest absolute Gasteiger partial charge is 0.291 e. The van der Waals surface area contributed by atoms with Gasteiger partial charge < -0.3 is 20.8 Å². The van der Waals surface area contributed by atoms with Crippen LogP contribution in [0.3, 0.4) is 0 Å². The molecule has 0 spiro atoms. The topological polar surface area (TPSA) is 97.4 Å². The Morgan fingerprint density at radius 1 is 1.07 bits per heavy atom. The number of hydrogen-bond acceptors (Lipinski definition) is 4. The van der Waals surface area contributed by atoms with Crippen LogP contribution >= 0.6 is 12.4 Å². The van der Waals surface area contributed by atoms with Crippen LogP contribution in [0, 0.1) is 5.41 Å². The van der Waals surface area contributed by atoms with Crippen molar-refractivity contribution in [2.45, 2.75) is 45.1 Å². The molecular formula is C21H28ClN3O3. The number of carbonyl (C=O) groups excluding carboxylic acids is 2. The van der Waals surface area contributed by atoms with Crippen LogP contribution in [0.2, 0.25) is 0 Å². The molecule has 7 heteroatoms. The second kappa shape index (κ2) is 10.3. The molecule has 0 aliphatic heterocycles. The SMILES string of the molecule is Cl.NCC1(CC(=O)NCc2ccc(NC(=O)c3ccco3)cc2)CCCCC1. The van der Waals surface area contributed by atoms with Gasteiger partial charge in [-0.1, -0.05) is 31.4 Å². The number of nitrogens with one attached hydrogen (secondary N) is 2. The fraction of sp³-hybridized carbons (Fsp3) is 0.429. The molecule has 6 nitrogen and oxygen atoms in total. The standard InChI is InChI=1S/C21H27N3O3.ClH/c22-15-21(10-2-1-3-11-21)13-19(25)23-14-16-6-8-17(9-7-16)24-20(26)18-5-4-12-27-18;/h4-9,12H,1-3,10-11,13-15,22H2,(H,23,25)(H,24,26);1H. The largest absolute Gasteiger partial charge is 0.459 e. The highest BCUT2D eigenvalue weighted by molar-refractivity contribution is 6.02. The molecule has 1 aromatic heterocycles. The van der Waals surface area contributed by atoms with Gasteiger partial charge in [-0.3, -0.25) is 9.59 Å². The first kappa shape index (κ1) is 22.0. The third-order valence-corrected chi connectivity index (χ3v) is 5.33.